The minimum Gasteiger partial charge on any atom is -0.295 e. The molecule has 54 valence electrons. The van der Waals surface area contributed by atoms with Crippen LogP contribution in [-0.2, 0) is 14.9 Å². The van der Waals surface area contributed by atoms with Crippen LogP contribution in [0.5, 0.6) is 0 Å². The number of hydrogen-bond donors (Lipinski definition) is 1. The maximum Gasteiger partial charge on any atom is 0.305 e. The van der Waals surface area contributed by atoms with Gasteiger partial charge in [-0.1, -0.05) is 0 Å². The van der Waals surface area contributed by atoms with E-state index in [-0.39, 0.29) is 0 Å². The molecule has 6 heteroatoms. The first-order chi connectivity index (χ1) is 3.85. The molecule has 0 radical (unpaired) electrons. The fourth-order valence-corrected chi connectivity index (χ4v) is 0.629. The molecule has 0 saturated carbocycles. The number of ketones is 1. The van der Waals surface area contributed by atoms with Gasteiger partial charge in [-0.2, -0.15) is 8.42 Å². The van der Waals surface area contributed by atoms with Crippen LogP contribution in [0.2, 0.25) is 0 Å². The van der Waals surface area contributed by atoms with Crippen LogP contribution in [0.25, 0.3) is 0 Å². The van der Waals surface area contributed by atoms with Crippen molar-refractivity contribution in [3.8, 4) is 0 Å². The zero-order valence-corrected chi connectivity index (χ0v) is 5.35. The molecule has 0 aliphatic carbocycles. The zero-order chi connectivity index (χ0) is 7.65. The monoisotopic (exact) mass is 156 g/mol. The Bertz CT molecular complexity index is 206. The molecule has 0 aromatic carbocycles. The van der Waals surface area contributed by atoms with Gasteiger partial charge in [-0.25, -0.2) is 4.39 Å². The van der Waals surface area contributed by atoms with Crippen LogP contribution in [0.15, 0.2) is 0 Å². The Morgan fingerprint density at radius 1 is 1.67 bits per heavy atom. The van der Waals surface area contributed by atoms with Gasteiger partial charge < -0.3 is 0 Å². The lowest BCUT2D eigenvalue weighted by atomic mass is 10.5. The molecule has 4 nitrogen and oxygen atoms in total. The van der Waals surface area contributed by atoms with E-state index < -0.39 is 21.4 Å². The Labute approximate surface area is 51.4 Å². The fourth-order valence-electron chi connectivity index (χ4n) is 0.210. The standard InChI is InChI=1S/C3H5FO4S/c1-2(5)3(4)9(6,7)8/h3H,1H3,(H,6,7,8)/t3-/m0/s1. The van der Waals surface area contributed by atoms with Crippen LogP contribution in [-0.4, -0.2) is 24.3 Å². The van der Waals surface area contributed by atoms with Gasteiger partial charge in [0.15, 0.2) is 5.78 Å². The molecule has 1 N–H and O–H groups in total. The molecule has 0 aliphatic heterocycles. The lowest BCUT2D eigenvalue weighted by Gasteiger charge is -1.96. The molecule has 0 heterocycles. The molecule has 0 amide bonds. The van der Waals surface area contributed by atoms with Gasteiger partial charge in [-0.3, -0.25) is 9.35 Å². The number of rotatable bonds is 2. The fraction of sp³-hybridized carbons (Fsp3) is 0.667. The lowest BCUT2D eigenvalue weighted by molar-refractivity contribution is -0.119. The summed E-state index contributed by atoms with van der Waals surface area (Å²) in [4.78, 5) is 9.88. The van der Waals surface area contributed by atoms with Crippen LogP contribution in [0.3, 0.4) is 0 Å². The molecule has 0 aromatic heterocycles. The van der Waals surface area contributed by atoms with Gasteiger partial charge in [0.1, 0.15) is 0 Å². The normalized spacial score (nSPS) is 15.0. The highest BCUT2D eigenvalue weighted by Crippen LogP contribution is 1.99. The van der Waals surface area contributed by atoms with E-state index in [4.69, 9.17) is 4.55 Å². The summed E-state index contributed by atoms with van der Waals surface area (Å²) in [6.45, 7) is 0.735. The van der Waals surface area contributed by atoms with Crippen molar-refractivity contribution in [3.05, 3.63) is 0 Å². The van der Waals surface area contributed by atoms with E-state index in [1.54, 1.807) is 0 Å². The molecule has 0 rings (SSSR count). The van der Waals surface area contributed by atoms with Crippen molar-refractivity contribution in [2.24, 2.45) is 0 Å². The third-order valence-electron chi connectivity index (χ3n) is 0.581. The van der Waals surface area contributed by atoms with Crippen LogP contribution >= 0.6 is 0 Å². The number of carbonyl (C=O) groups is 1. The van der Waals surface area contributed by atoms with Gasteiger partial charge in [0.2, 0.25) is 0 Å². The van der Waals surface area contributed by atoms with E-state index in [1.807, 2.05) is 0 Å². The molecular weight excluding hydrogens is 151 g/mol. The Kier molecular flexibility index (Phi) is 2.27. The summed E-state index contributed by atoms with van der Waals surface area (Å²) in [5, 5.41) is 0. The van der Waals surface area contributed by atoms with Gasteiger partial charge in [0, 0.05) is 0 Å². The van der Waals surface area contributed by atoms with Crippen molar-refractivity contribution >= 4 is 15.9 Å². The number of halogens is 1. The molecular formula is C3H5FO4S. The molecule has 0 spiro atoms. The molecule has 0 aliphatic rings. The number of alkyl halides is 1. The molecule has 1 atom stereocenters. The maximum atomic E-state index is 11.8. The van der Waals surface area contributed by atoms with Crippen molar-refractivity contribution in [1.82, 2.24) is 0 Å². The maximum absolute atomic E-state index is 11.8. The second-order valence-corrected chi connectivity index (χ2v) is 2.89. The minimum atomic E-state index is -4.82. The highest BCUT2D eigenvalue weighted by atomic mass is 32.2. The van der Waals surface area contributed by atoms with Gasteiger partial charge in [0.05, 0.1) is 0 Å². The summed E-state index contributed by atoms with van der Waals surface area (Å²) in [5.41, 5.74) is -2.79. The number of hydrogen-bond acceptors (Lipinski definition) is 3. The molecule has 0 saturated heterocycles. The van der Waals surface area contributed by atoms with E-state index in [9.17, 15) is 17.6 Å². The summed E-state index contributed by atoms with van der Waals surface area (Å²) >= 11 is 0. The zero-order valence-electron chi connectivity index (χ0n) is 4.54. The second kappa shape index (κ2) is 2.40. The first-order valence-electron chi connectivity index (χ1n) is 1.96. The second-order valence-electron chi connectivity index (χ2n) is 1.44. The predicted molar refractivity (Wildman–Crippen MR) is 27.1 cm³/mol. The summed E-state index contributed by atoms with van der Waals surface area (Å²) in [6, 6.07) is 0. The van der Waals surface area contributed by atoms with Gasteiger partial charge in [-0.05, 0) is 6.92 Å². The van der Waals surface area contributed by atoms with Gasteiger partial charge in [0.25, 0.3) is 5.50 Å². The van der Waals surface area contributed by atoms with E-state index in [2.05, 4.69) is 0 Å². The van der Waals surface area contributed by atoms with E-state index in [0.717, 1.165) is 6.92 Å². The van der Waals surface area contributed by atoms with Crippen LogP contribution < -0.4 is 0 Å². The van der Waals surface area contributed by atoms with Crippen molar-refractivity contribution in [1.29, 1.82) is 0 Å². The minimum absolute atomic E-state index is 0.735. The largest absolute Gasteiger partial charge is 0.305 e. The van der Waals surface area contributed by atoms with Crippen molar-refractivity contribution in [2.75, 3.05) is 0 Å². The lowest BCUT2D eigenvalue weighted by Crippen LogP contribution is -2.22. The Morgan fingerprint density at radius 2 is 2.00 bits per heavy atom. The highest BCUT2D eigenvalue weighted by molar-refractivity contribution is 7.87. The summed E-state index contributed by atoms with van der Waals surface area (Å²) in [5.74, 6) is -1.22. The SMILES string of the molecule is CC(=O)[C@@H](F)S(=O)(=O)O. The van der Waals surface area contributed by atoms with E-state index in [1.165, 1.54) is 0 Å². The van der Waals surface area contributed by atoms with Crippen LogP contribution in [0, 0.1) is 0 Å². The third kappa shape index (κ3) is 2.52. The molecule has 0 unspecified atom stereocenters. The van der Waals surface area contributed by atoms with Gasteiger partial charge >= 0.3 is 10.1 Å². The van der Waals surface area contributed by atoms with Crippen molar-refractivity contribution in [2.45, 2.75) is 12.4 Å². The first kappa shape index (κ1) is 8.51. The predicted octanol–water partition coefficient (Wildman–Crippen LogP) is -0.241. The first-order valence-corrected chi connectivity index (χ1v) is 3.47. The smallest absolute Gasteiger partial charge is 0.295 e. The average Bonchev–Trinajstić information content (AvgIpc) is 1.62. The molecule has 0 bridgehead atoms. The van der Waals surface area contributed by atoms with Crippen molar-refractivity contribution < 1.29 is 22.2 Å². The van der Waals surface area contributed by atoms with E-state index >= 15 is 0 Å². The summed E-state index contributed by atoms with van der Waals surface area (Å²) in [6.07, 6.45) is 0. The summed E-state index contributed by atoms with van der Waals surface area (Å²) in [7, 11) is -4.82. The molecule has 0 aromatic rings. The topological polar surface area (TPSA) is 71.4 Å². The number of Topliss-reactive ketones (excluding diaryl/α,β-unsaturated/α-hetero) is 1. The Hall–Kier alpha value is -0.490. The van der Waals surface area contributed by atoms with Crippen molar-refractivity contribution in [3.63, 3.8) is 0 Å². The van der Waals surface area contributed by atoms with Crippen LogP contribution in [0.4, 0.5) is 4.39 Å². The summed E-state index contributed by atoms with van der Waals surface area (Å²) < 4.78 is 39.1. The van der Waals surface area contributed by atoms with E-state index in [0.29, 0.717) is 0 Å². The quantitative estimate of drug-likeness (QED) is 0.560. The molecule has 0 fully saturated rings. The Balaban J connectivity index is 4.43. The third-order valence-corrected chi connectivity index (χ3v) is 1.44. The number of carbonyl (C=O) groups excluding carboxylic acids is 1. The van der Waals surface area contributed by atoms with Crippen LogP contribution in [0.1, 0.15) is 6.92 Å². The van der Waals surface area contributed by atoms with Gasteiger partial charge in [-0.15, -0.1) is 0 Å². The highest BCUT2D eigenvalue weighted by Gasteiger charge is 2.26. The Morgan fingerprint density at radius 3 is 2.00 bits per heavy atom. The molecule has 9 heavy (non-hydrogen) atoms. The average molecular weight is 156 g/mol.